The molecule has 0 saturated carbocycles. The Bertz CT molecular complexity index is 1030. The topological polar surface area (TPSA) is 80.6 Å². The predicted molar refractivity (Wildman–Crippen MR) is 125 cm³/mol. The number of carbonyl (C=O) groups excluding carboxylic acids is 1. The Labute approximate surface area is 190 Å². The summed E-state index contributed by atoms with van der Waals surface area (Å²) in [6.45, 7) is 10.2. The zero-order chi connectivity index (χ0) is 23.4. The van der Waals surface area contributed by atoms with Crippen molar-refractivity contribution in [3.63, 3.8) is 0 Å². The van der Waals surface area contributed by atoms with E-state index in [1.165, 1.54) is 0 Å². The average Bonchev–Trinajstić information content (AvgIpc) is 2.98. The minimum absolute atomic E-state index is 0.156. The first kappa shape index (κ1) is 23.6. The summed E-state index contributed by atoms with van der Waals surface area (Å²) < 4.78 is 17.7. The molecule has 166 valence electrons. The maximum absolute atomic E-state index is 12.3. The van der Waals surface area contributed by atoms with Gasteiger partial charge in [0.2, 0.25) is 0 Å². The molecule has 1 heterocycles. The molecule has 0 spiro atoms. The van der Waals surface area contributed by atoms with Crippen LogP contribution in [-0.2, 0) is 20.7 Å². The van der Waals surface area contributed by atoms with Crippen molar-refractivity contribution in [2.75, 3.05) is 6.54 Å². The summed E-state index contributed by atoms with van der Waals surface area (Å²) in [6.07, 6.45) is 1.33. The van der Waals surface area contributed by atoms with E-state index in [0.717, 1.165) is 16.7 Å². The van der Waals surface area contributed by atoms with Crippen LogP contribution < -0.4 is 5.32 Å². The van der Waals surface area contributed by atoms with Gasteiger partial charge in [0, 0.05) is 6.54 Å². The molecular formula is C25H29BN2O4. The van der Waals surface area contributed by atoms with Gasteiger partial charge in [-0.15, -0.1) is 0 Å². The van der Waals surface area contributed by atoms with Crippen LogP contribution in [0.1, 0.15) is 49.9 Å². The van der Waals surface area contributed by atoms with Crippen LogP contribution in [-0.4, -0.2) is 31.0 Å². The number of rotatable bonds is 6. The highest BCUT2D eigenvalue weighted by Gasteiger charge is 2.52. The first-order valence-corrected chi connectivity index (χ1v) is 10.6. The van der Waals surface area contributed by atoms with Crippen LogP contribution in [0.25, 0.3) is 6.08 Å². The van der Waals surface area contributed by atoms with E-state index in [1.807, 2.05) is 83.2 Å². The molecule has 2 aromatic carbocycles. The number of amides is 1. The molecule has 0 atom stereocenters. The molecule has 1 saturated heterocycles. The van der Waals surface area contributed by atoms with Crippen LogP contribution in [0.5, 0.6) is 0 Å². The number of ether oxygens (including phenoxy) is 1. The minimum atomic E-state index is -0.666. The standard InChI is InChI=1S/C25H29BN2O4/c1-18-10-9-13-20(15-27)22(18)14-21(26-31-24(2,3)25(4,5)32-26)16-28-23(29)30-17-19-11-7-6-8-12-19/h6-14H,16-17H2,1-5H3,(H,28,29). The highest BCUT2D eigenvalue weighted by atomic mass is 16.7. The SMILES string of the molecule is Cc1cccc(C#N)c1C=C(CNC(=O)OCc1ccccc1)B1OC(C)(C)C(C)(C)O1. The number of benzene rings is 2. The molecule has 0 radical (unpaired) electrons. The van der Waals surface area contributed by atoms with Gasteiger partial charge in [-0.25, -0.2) is 4.79 Å². The Morgan fingerprint density at radius 2 is 1.75 bits per heavy atom. The zero-order valence-corrected chi connectivity index (χ0v) is 19.3. The Kier molecular flexibility index (Phi) is 7.07. The van der Waals surface area contributed by atoms with Crippen molar-refractivity contribution in [3.05, 3.63) is 76.3 Å². The number of aryl methyl sites for hydroxylation is 1. The van der Waals surface area contributed by atoms with E-state index < -0.39 is 24.4 Å². The third-order valence-corrected chi connectivity index (χ3v) is 5.98. The lowest BCUT2D eigenvalue weighted by Gasteiger charge is -2.32. The fraction of sp³-hybridized carbons (Fsp3) is 0.360. The van der Waals surface area contributed by atoms with E-state index in [-0.39, 0.29) is 13.2 Å². The molecule has 32 heavy (non-hydrogen) atoms. The second-order valence-electron chi connectivity index (χ2n) is 8.87. The average molecular weight is 432 g/mol. The van der Waals surface area contributed by atoms with Gasteiger partial charge < -0.3 is 19.4 Å². The minimum Gasteiger partial charge on any atom is -0.445 e. The van der Waals surface area contributed by atoms with Gasteiger partial charge in [0.25, 0.3) is 0 Å². The molecule has 7 heteroatoms. The third-order valence-electron chi connectivity index (χ3n) is 5.98. The largest absolute Gasteiger partial charge is 0.492 e. The lowest BCUT2D eigenvalue weighted by molar-refractivity contribution is 0.00578. The van der Waals surface area contributed by atoms with Gasteiger partial charge in [-0.2, -0.15) is 5.26 Å². The van der Waals surface area contributed by atoms with Crippen LogP contribution in [0.2, 0.25) is 0 Å². The van der Waals surface area contributed by atoms with Crippen LogP contribution in [0.4, 0.5) is 4.79 Å². The lowest BCUT2D eigenvalue weighted by Crippen LogP contribution is -2.41. The first-order valence-electron chi connectivity index (χ1n) is 10.6. The van der Waals surface area contributed by atoms with E-state index in [4.69, 9.17) is 14.0 Å². The van der Waals surface area contributed by atoms with Crippen molar-refractivity contribution >= 4 is 19.3 Å². The molecule has 1 aliphatic heterocycles. The van der Waals surface area contributed by atoms with Crippen molar-refractivity contribution in [3.8, 4) is 6.07 Å². The van der Waals surface area contributed by atoms with Crippen LogP contribution >= 0.6 is 0 Å². The van der Waals surface area contributed by atoms with Gasteiger partial charge in [-0.05, 0) is 62.8 Å². The van der Waals surface area contributed by atoms with Crippen LogP contribution in [0.15, 0.2) is 54.0 Å². The molecule has 0 unspecified atom stereocenters. The van der Waals surface area contributed by atoms with Crippen molar-refractivity contribution < 1.29 is 18.8 Å². The number of carbonyl (C=O) groups is 1. The summed E-state index contributed by atoms with van der Waals surface area (Å²) >= 11 is 0. The summed E-state index contributed by atoms with van der Waals surface area (Å²) in [5.41, 5.74) is 2.81. The van der Waals surface area contributed by atoms with E-state index in [1.54, 1.807) is 6.07 Å². The highest BCUT2D eigenvalue weighted by molar-refractivity contribution is 6.56. The van der Waals surface area contributed by atoms with Gasteiger partial charge in [-0.3, -0.25) is 0 Å². The summed E-state index contributed by atoms with van der Waals surface area (Å²) in [7, 11) is -0.666. The number of hydrogen-bond acceptors (Lipinski definition) is 5. The Hall–Kier alpha value is -3.08. The Morgan fingerprint density at radius 3 is 2.38 bits per heavy atom. The molecule has 1 fully saturated rings. The molecule has 1 amide bonds. The van der Waals surface area contributed by atoms with Gasteiger partial charge in [-0.1, -0.05) is 48.5 Å². The summed E-state index contributed by atoms with van der Waals surface area (Å²) in [5, 5.41) is 12.3. The molecule has 1 N–H and O–H groups in total. The number of alkyl carbamates (subject to hydrolysis) is 1. The van der Waals surface area contributed by atoms with Gasteiger partial charge in [0.15, 0.2) is 0 Å². The summed E-state index contributed by atoms with van der Waals surface area (Å²) in [5.74, 6) is 0. The normalized spacial score (nSPS) is 17.0. The Balaban J connectivity index is 1.81. The maximum Gasteiger partial charge on any atom is 0.492 e. The molecule has 1 aliphatic rings. The van der Waals surface area contributed by atoms with E-state index in [9.17, 15) is 10.1 Å². The quantitative estimate of drug-likeness (QED) is 0.663. The monoisotopic (exact) mass is 432 g/mol. The number of nitrogens with zero attached hydrogens (tertiary/aromatic N) is 1. The van der Waals surface area contributed by atoms with Crippen molar-refractivity contribution in [1.29, 1.82) is 5.26 Å². The molecular weight excluding hydrogens is 403 g/mol. The Morgan fingerprint density at radius 1 is 1.09 bits per heavy atom. The molecule has 0 aromatic heterocycles. The van der Waals surface area contributed by atoms with Gasteiger partial charge in [0.1, 0.15) is 6.61 Å². The summed E-state index contributed by atoms with van der Waals surface area (Å²) in [6, 6.07) is 17.3. The molecule has 6 nitrogen and oxygen atoms in total. The second-order valence-corrected chi connectivity index (χ2v) is 8.87. The fourth-order valence-electron chi connectivity index (χ4n) is 3.30. The third kappa shape index (κ3) is 5.39. The van der Waals surface area contributed by atoms with Crippen molar-refractivity contribution in [1.82, 2.24) is 5.32 Å². The van der Waals surface area contributed by atoms with Crippen LogP contribution in [0.3, 0.4) is 0 Å². The smallest absolute Gasteiger partial charge is 0.445 e. The van der Waals surface area contributed by atoms with E-state index in [2.05, 4.69) is 11.4 Å². The number of nitriles is 1. The number of hydrogen-bond donors (Lipinski definition) is 1. The molecule has 0 aliphatic carbocycles. The van der Waals surface area contributed by atoms with E-state index in [0.29, 0.717) is 11.0 Å². The molecule has 2 aromatic rings. The van der Waals surface area contributed by atoms with Crippen molar-refractivity contribution in [2.24, 2.45) is 0 Å². The maximum atomic E-state index is 12.3. The van der Waals surface area contributed by atoms with E-state index >= 15 is 0 Å². The first-order chi connectivity index (χ1) is 15.1. The molecule has 0 bridgehead atoms. The lowest BCUT2D eigenvalue weighted by atomic mass is 9.76. The van der Waals surface area contributed by atoms with Gasteiger partial charge in [0.05, 0.1) is 22.8 Å². The summed E-state index contributed by atoms with van der Waals surface area (Å²) in [4.78, 5) is 12.3. The highest BCUT2D eigenvalue weighted by Crippen LogP contribution is 2.39. The zero-order valence-electron chi connectivity index (χ0n) is 19.3. The fourth-order valence-corrected chi connectivity index (χ4v) is 3.30. The number of nitrogens with one attached hydrogen (secondary N) is 1. The van der Waals surface area contributed by atoms with Crippen LogP contribution in [0, 0.1) is 18.3 Å². The van der Waals surface area contributed by atoms with Gasteiger partial charge >= 0.3 is 13.2 Å². The molecule has 3 rings (SSSR count). The second kappa shape index (κ2) is 9.60. The van der Waals surface area contributed by atoms with Crippen molar-refractivity contribution in [2.45, 2.75) is 52.4 Å². The predicted octanol–water partition coefficient (Wildman–Crippen LogP) is 4.81.